The SMILES string of the molecule is CCC(C)(N)C(=O)N(CCN(C)C)C1CCN(C)CC1. The van der Waals surface area contributed by atoms with Gasteiger partial charge in [0.15, 0.2) is 0 Å². The average Bonchev–Trinajstić information content (AvgIpc) is 2.40. The van der Waals surface area contributed by atoms with Gasteiger partial charge in [-0.05, 0) is 60.4 Å². The van der Waals surface area contributed by atoms with Crippen LogP contribution in [0.25, 0.3) is 0 Å². The first-order valence-electron chi connectivity index (χ1n) is 7.71. The van der Waals surface area contributed by atoms with Crippen molar-refractivity contribution in [2.45, 2.75) is 44.7 Å². The Labute approximate surface area is 124 Å². The topological polar surface area (TPSA) is 52.8 Å². The Balaban J connectivity index is 2.76. The van der Waals surface area contributed by atoms with Gasteiger partial charge in [0, 0.05) is 19.1 Å². The van der Waals surface area contributed by atoms with Gasteiger partial charge in [-0.1, -0.05) is 6.92 Å². The van der Waals surface area contributed by atoms with Gasteiger partial charge >= 0.3 is 0 Å². The van der Waals surface area contributed by atoms with E-state index in [9.17, 15) is 4.79 Å². The lowest BCUT2D eigenvalue weighted by Crippen LogP contribution is -2.58. The first kappa shape index (κ1) is 17.4. The molecule has 0 aliphatic carbocycles. The Kier molecular flexibility index (Phi) is 6.43. The molecule has 1 atom stereocenters. The molecular formula is C15H32N4O. The maximum absolute atomic E-state index is 12.8. The van der Waals surface area contributed by atoms with E-state index in [1.165, 1.54) is 0 Å². The Morgan fingerprint density at radius 1 is 1.30 bits per heavy atom. The predicted molar refractivity (Wildman–Crippen MR) is 83.7 cm³/mol. The summed E-state index contributed by atoms with van der Waals surface area (Å²) in [5.74, 6) is 0.108. The molecule has 0 aromatic rings. The van der Waals surface area contributed by atoms with E-state index in [1.807, 2.05) is 32.8 Å². The second-order valence-corrected chi connectivity index (χ2v) is 6.61. The van der Waals surface area contributed by atoms with Crippen LogP contribution < -0.4 is 5.73 Å². The molecule has 1 fully saturated rings. The van der Waals surface area contributed by atoms with Crippen LogP contribution in [0.15, 0.2) is 0 Å². The van der Waals surface area contributed by atoms with E-state index in [-0.39, 0.29) is 5.91 Å². The van der Waals surface area contributed by atoms with Crippen LogP contribution in [-0.2, 0) is 4.79 Å². The molecule has 1 unspecified atom stereocenters. The van der Waals surface area contributed by atoms with Gasteiger partial charge < -0.3 is 20.4 Å². The fourth-order valence-corrected chi connectivity index (χ4v) is 2.54. The zero-order valence-corrected chi connectivity index (χ0v) is 13.9. The third-order valence-electron chi connectivity index (χ3n) is 4.40. The van der Waals surface area contributed by atoms with Gasteiger partial charge in [0.25, 0.3) is 0 Å². The van der Waals surface area contributed by atoms with E-state index in [0.29, 0.717) is 12.5 Å². The average molecular weight is 284 g/mol. The largest absolute Gasteiger partial charge is 0.337 e. The highest BCUT2D eigenvalue weighted by Gasteiger charge is 2.35. The number of amides is 1. The van der Waals surface area contributed by atoms with Crippen LogP contribution in [0.4, 0.5) is 0 Å². The lowest BCUT2D eigenvalue weighted by molar-refractivity contribution is -0.140. The minimum absolute atomic E-state index is 0.108. The van der Waals surface area contributed by atoms with Gasteiger partial charge in [-0.15, -0.1) is 0 Å². The monoisotopic (exact) mass is 284 g/mol. The maximum Gasteiger partial charge on any atom is 0.242 e. The Hall–Kier alpha value is -0.650. The highest BCUT2D eigenvalue weighted by molar-refractivity contribution is 5.86. The van der Waals surface area contributed by atoms with Crippen LogP contribution in [0.2, 0.25) is 0 Å². The molecule has 1 aliphatic rings. The Bertz CT molecular complexity index is 309. The molecular weight excluding hydrogens is 252 g/mol. The van der Waals surface area contributed by atoms with Gasteiger partial charge in [0.1, 0.15) is 0 Å². The van der Waals surface area contributed by atoms with E-state index >= 15 is 0 Å². The second kappa shape index (κ2) is 7.38. The van der Waals surface area contributed by atoms with E-state index in [1.54, 1.807) is 0 Å². The predicted octanol–water partition coefficient (Wildman–Crippen LogP) is 0.598. The quantitative estimate of drug-likeness (QED) is 0.776. The summed E-state index contributed by atoms with van der Waals surface area (Å²) in [6.45, 7) is 7.61. The fourth-order valence-electron chi connectivity index (χ4n) is 2.54. The van der Waals surface area contributed by atoms with Crippen LogP contribution in [0.3, 0.4) is 0 Å². The molecule has 0 radical (unpaired) electrons. The number of nitrogens with two attached hydrogens (primary N) is 1. The van der Waals surface area contributed by atoms with Crippen molar-refractivity contribution in [2.75, 3.05) is 47.3 Å². The van der Waals surface area contributed by atoms with E-state index in [4.69, 9.17) is 5.73 Å². The molecule has 1 rings (SSSR count). The van der Waals surface area contributed by atoms with Gasteiger partial charge in [0.2, 0.25) is 5.91 Å². The maximum atomic E-state index is 12.8. The van der Waals surface area contributed by atoms with Crippen LogP contribution in [0.1, 0.15) is 33.1 Å². The summed E-state index contributed by atoms with van der Waals surface area (Å²) < 4.78 is 0. The molecule has 5 nitrogen and oxygen atoms in total. The van der Waals surface area contributed by atoms with Gasteiger partial charge in [0.05, 0.1) is 5.54 Å². The van der Waals surface area contributed by atoms with Crippen LogP contribution in [0, 0.1) is 0 Å². The molecule has 1 saturated heterocycles. The number of hydrogen-bond acceptors (Lipinski definition) is 4. The minimum atomic E-state index is -0.740. The minimum Gasteiger partial charge on any atom is -0.337 e. The van der Waals surface area contributed by atoms with Gasteiger partial charge in [-0.25, -0.2) is 0 Å². The number of piperidine rings is 1. The molecule has 1 aliphatic heterocycles. The number of carbonyl (C=O) groups is 1. The molecule has 2 N–H and O–H groups in total. The number of nitrogens with zero attached hydrogens (tertiary/aromatic N) is 3. The molecule has 1 amide bonds. The molecule has 0 bridgehead atoms. The molecule has 0 saturated carbocycles. The number of likely N-dealkylation sites (N-methyl/N-ethyl adjacent to an activating group) is 1. The standard InChI is InChI=1S/C15H32N4O/c1-6-15(2,16)14(20)19(12-11-17(3)4)13-7-9-18(5)10-8-13/h13H,6-12,16H2,1-5H3. The molecule has 0 spiro atoms. The van der Waals surface area contributed by atoms with E-state index < -0.39 is 5.54 Å². The van der Waals surface area contributed by atoms with Crippen molar-refractivity contribution >= 4 is 5.91 Å². The molecule has 20 heavy (non-hydrogen) atoms. The highest BCUT2D eigenvalue weighted by atomic mass is 16.2. The van der Waals surface area contributed by atoms with Crippen molar-refractivity contribution in [2.24, 2.45) is 5.73 Å². The summed E-state index contributed by atoms with van der Waals surface area (Å²) in [5, 5.41) is 0. The molecule has 0 aromatic carbocycles. The Morgan fingerprint density at radius 2 is 1.85 bits per heavy atom. The van der Waals surface area contributed by atoms with Crippen molar-refractivity contribution < 1.29 is 4.79 Å². The van der Waals surface area contributed by atoms with Gasteiger partial charge in [-0.2, -0.15) is 0 Å². The van der Waals surface area contributed by atoms with Crippen LogP contribution in [-0.4, -0.2) is 79.5 Å². The summed E-state index contributed by atoms with van der Waals surface area (Å²) in [5.41, 5.74) is 5.45. The van der Waals surface area contributed by atoms with Crippen LogP contribution in [0.5, 0.6) is 0 Å². The third kappa shape index (κ3) is 4.72. The smallest absolute Gasteiger partial charge is 0.242 e. The van der Waals surface area contributed by atoms with Crippen LogP contribution >= 0.6 is 0 Å². The second-order valence-electron chi connectivity index (χ2n) is 6.61. The number of hydrogen-bond donors (Lipinski definition) is 1. The van der Waals surface area contributed by atoms with Crippen molar-refractivity contribution in [1.82, 2.24) is 14.7 Å². The summed E-state index contributed by atoms with van der Waals surface area (Å²) >= 11 is 0. The fraction of sp³-hybridized carbons (Fsp3) is 0.933. The number of carbonyl (C=O) groups excluding carboxylic acids is 1. The summed E-state index contributed by atoms with van der Waals surface area (Å²) in [6, 6.07) is 0.341. The molecule has 118 valence electrons. The normalized spacial score (nSPS) is 20.9. The number of rotatable bonds is 6. The first-order valence-corrected chi connectivity index (χ1v) is 7.71. The molecule has 1 heterocycles. The summed E-state index contributed by atoms with van der Waals surface area (Å²) in [4.78, 5) is 19.2. The first-order chi connectivity index (χ1) is 9.27. The van der Waals surface area contributed by atoms with Crippen molar-refractivity contribution in [3.8, 4) is 0 Å². The van der Waals surface area contributed by atoms with Crippen molar-refractivity contribution in [3.63, 3.8) is 0 Å². The molecule has 5 heteroatoms. The highest BCUT2D eigenvalue weighted by Crippen LogP contribution is 2.20. The third-order valence-corrected chi connectivity index (χ3v) is 4.40. The Morgan fingerprint density at radius 3 is 2.30 bits per heavy atom. The molecule has 0 aromatic heterocycles. The zero-order valence-electron chi connectivity index (χ0n) is 13.9. The van der Waals surface area contributed by atoms with E-state index in [0.717, 1.165) is 39.0 Å². The number of likely N-dealkylation sites (tertiary alicyclic amines) is 1. The van der Waals surface area contributed by atoms with Crippen molar-refractivity contribution in [1.29, 1.82) is 0 Å². The lowest BCUT2D eigenvalue weighted by atomic mass is 9.95. The van der Waals surface area contributed by atoms with E-state index in [2.05, 4.69) is 16.8 Å². The zero-order chi connectivity index (χ0) is 15.3. The summed E-state index contributed by atoms with van der Waals surface area (Å²) in [6.07, 6.45) is 2.78. The lowest BCUT2D eigenvalue weighted by Gasteiger charge is -2.41. The summed E-state index contributed by atoms with van der Waals surface area (Å²) in [7, 11) is 6.22. The van der Waals surface area contributed by atoms with Gasteiger partial charge in [-0.3, -0.25) is 4.79 Å². The van der Waals surface area contributed by atoms with Crippen molar-refractivity contribution in [3.05, 3.63) is 0 Å².